The van der Waals surface area contributed by atoms with Crippen molar-refractivity contribution < 1.29 is 14.3 Å². The molecule has 2 aromatic carbocycles. The van der Waals surface area contributed by atoms with Gasteiger partial charge in [0.1, 0.15) is 11.9 Å². The van der Waals surface area contributed by atoms with Crippen molar-refractivity contribution in [2.75, 3.05) is 0 Å². The van der Waals surface area contributed by atoms with Gasteiger partial charge < -0.3 is 9.72 Å². The Morgan fingerprint density at radius 3 is 2.73 bits per heavy atom. The largest absolute Gasteiger partial charge is 0.458 e. The van der Waals surface area contributed by atoms with Crippen LogP contribution in [0.1, 0.15) is 35.7 Å². The lowest BCUT2D eigenvalue weighted by molar-refractivity contribution is -0.119. The number of carbonyl (C=O) groups excluding carboxylic acids is 2. The standard InChI is InChI=1S/C21H20ClNO3/c1-14(24)12-18(9-8-15-4-2-3-5-19(15)22)26-21(25)17-7-6-16-10-11-23-20(16)13-17/h2-7,10-11,13,18,23H,8-9,12H2,1H3. The zero-order valence-electron chi connectivity index (χ0n) is 14.5. The zero-order valence-corrected chi connectivity index (χ0v) is 15.3. The predicted octanol–water partition coefficient (Wildman–Crippen LogP) is 4.96. The molecule has 1 atom stereocenters. The number of H-pyrrole nitrogens is 1. The number of aryl methyl sites for hydroxylation is 1. The van der Waals surface area contributed by atoms with Gasteiger partial charge in [-0.1, -0.05) is 35.9 Å². The first-order chi connectivity index (χ1) is 12.5. The average molecular weight is 370 g/mol. The van der Waals surface area contributed by atoms with Gasteiger partial charge in [-0.05, 0) is 55.0 Å². The Bertz CT molecular complexity index is 932. The minimum absolute atomic E-state index is 0.0122. The lowest BCUT2D eigenvalue weighted by atomic mass is 10.0. The van der Waals surface area contributed by atoms with E-state index in [1.54, 1.807) is 12.1 Å². The van der Waals surface area contributed by atoms with E-state index in [4.69, 9.17) is 16.3 Å². The first-order valence-corrected chi connectivity index (χ1v) is 8.91. The summed E-state index contributed by atoms with van der Waals surface area (Å²) in [6, 6.07) is 14.9. The quantitative estimate of drug-likeness (QED) is 0.599. The summed E-state index contributed by atoms with van der Waals surface area (Å²) in [7, 11) is 0. The van der Waals surface area contributed by atoms with Crippen LogP contribution >= 0.6 is 11.6 Å². The summed E-state index contributed by atoms with van der Waals surface area (Å²) >= 11 is 6.18. The third kappa shape index (κ3) is 4.52. The molecule has 1 N–H and O–H groups in total. The molecule has 1 aromatic heterocycles. The number of carbonyl (C=O) groups is 2. The SMILES string of the molecule is CC(=O)CC(CCc1ccccc1Cl)OC(=O)c1ccc2cc[nH]c2c1. The number of rotatable bonds is 7. The van der Waals surface area contributed by atoms with Gasteiger partial charge >= 0.3 is 5.97 Å². The fraction of sp³-hybridized carbons (Fsp3) is 0.238. The summed E-state index contributed by atoms with van der Waals surface area (Å²) in [6.07, 6.45) is 2.72. The fourth-order valence-electron chi connectivity index (χ4n) is 2.94. The molecule has 0 fully saturated rings. The number of nitrogens with one attached hydrogen (secondary N) is 1. The highest BCUT2D eigenvalue weighted by molar-refractivity contribution is 6.31. The molecule has 1 heterocycles. The van der Waals surface area contributed by atoms with Crippen LogP contribution < -0.4 is 0 Å². The molecule has 26 heavy (non-hydrogen) atoms. The van der Waals surface area contributed by atoms with Gasteiger partial charge in [0.15, 0.2) is 0 Å². The van der Waals surface area contributed by atoms with Crippen LogP contribution in [0.25, 0.3) is 10.9 Å². The molecule has 0 spiro atoms. The summed E-state index contributed by atoms with van der Waals surface area (Å²) in [6.45, 7) is 1.50. The van der Waals surface area contributed by atoms with Gasteiger partial charge in [0.2, 0.25) is 0 Å². The molecule has 0 saturated heterocycles. The van der Waals surface area contributed by atoms with Crippen molar-refractivity contribution in [1.82, 2.24) is 4.98 Å². The van der Waals surface area contributed by atoms with E-state index in [-0.39, 0.29) is 12.2 Å². The molecule has 0 aliphatic carbocycles. The summed E-state index contributed by atoms with van der Waals surface area (Å²) in [5.74, 6) is -0.436. The molecule has 3 rings (SSSR count). The van der Waals surface area contributed by atoms with E-state index in [1.807, 2.05) is 42.6 Å². The topological polar surface area (TPSA) is 59.2 Å². The molecule has 3 aromatic rings. The maximum atomic E-state index is 12.5. The second-order valence-corrected chi connectivity index (χ2v) is 6.75. The molecule has 134 valence electrons. The maximum Gasteiger partial charge on any atom is 0.338 e. The Morgan fingerprint density at radius 2 is 1.96 bits per heavy atom. The molecule has 0 bridgehead atoms. The number of halogens is 1. The number of Topliss-reactive ketones (excluding diaryl/α,β-unsaturated/α-hetero) is 1. The second-order valence-electron chi connectivity index (χ2n) is 6.34. The predicted molar refractivity (Wildman–Crippen MR) is 103 cm³/mol. The number of ketones is 1. The molecule has 4 nitrogen and oxygen atoms in total. The van der Waals surface area contributed by atoms with E-state index < -0.39 is 12.1 Å². The molecule has 0 radical (unpaired) electrons. The van der Waals surface area contributed by atoms with Crippen LogP contribution in [0.4, 0.5) is 0 Å². The van der Waals surface area contributed by atoms with Crippen LogP contribution in [-0.2, 0) is 16.0 Å². The highest BCUT2D eigenvalue weighted by Crippen LogP contribution is 2.20. The Balaban J connectivity index is 1.69. The average Bonchev–Trinajstić information content (AvgIpc) is 3.08. The molecular weight excluding hydrogens is 350 g/mol. The van der Waals surface area contributed by atoms with Gasteiger partial charge in [0.05, 0.1) is 5.56 Å². The molecule has 1 unspecified atom stereocenters. The highest BCUT2D eigenvalue weighted by atomic mass is 35.5. The van der Waals surface area contributed by atoms with Gasteiger partial charge in [-0.25, -0.2) is 4.79 Å². The third-order valence-electron chi connectivity index (χ3n) is 4.27. The second kappa shape index (κ2) is 8.19. The van der Waals surface area contributed by atoms with Gasteiger partial charge in [-0.3, -0.25) is 4.79 Å². The fourth-order valence-corrected chi connectivity index (χ4v) is 3.17. The van der Waals surface area contributed by atoms with Crippen molar-refractivity contribution in [1.29, 1.82) is 0 Å². The molecule has 0 aliphatic rings. The zero-order chi connectivity index (χ0) is 18.5. The molecule has 0 saturated carbocycles. The van der Waals surface area contributed by atoms with Crippen molar-refractivity contribution >= 4 is 34.3 Å². The lowest BCUT2D eigenvalue weighted by Crippen LogP contribution is -2.22. The van der Waals surface area contributed by atoms with Crippen LogP contribution in [0, 0.1) is 0 Å². The molecule has 0 amide bonds. The Hall–Kier alpha value is -2.59. The van der Waals surface area contributed by atoms with Gasteiger partial charge in [0.25, 0.3) is 0 Å². The number of aromatic nitrogens is 1. The number of fused-ring (bicyclic) bond motifs is 1. The summed E-state index contributed by atoms with van der Waals surface area (Å²) in [4.78, 5) is 27.2. The Morgan fingerprint density at radius 1 is 1.15 bits per heavy atom. The summed E-state index contributed by atoms with van der Waals surface area (Å²) < 4.78 is 5.62. The van der Waals surface area contributed by atoms with Crippen LogP contribution in [0.2, 0.25) is 5.02 Å². The van der Waals surface area contributed by atoms with E-state index >= 15 is 0 Å². The van der Waals surface area contributed by atoms with Crippen molar-refractivity contribution in [3.63, 3.8) is 0 Å². The van der Waals surface area contributed by atoms with E-state index in [9.17, 15) is 9.59 Å². The lowest BCUT2D eigenvalue weighted by Gasteiger charge is -2.17. The van der Waals surface area contributed by atoms with Crippen LogP contribution in [0.5, 0.6) is 0 Å². The van der Waals surface area contributed by atoms with Gasteiger partial charge in [0, 0.05) is 23.2 Å². The Labute approximate surface area is 157 Å². The number of benzene rings is 2. The number of esters is 1. The van der Waals surface area contributed by atoms with Crippen LogP contribution in [0.15, 0.2) is 54.7 Å². The van der Waals surface area contributed by atoms with Crippen molar-refractivity contribution in [3.05, 3.63) is 70.9 Å². The van der Waals surface area contributed by atoms with E-state index in [0.29, 0.717) is 23.4 Å². The minimum Gasteiger partial charge on any atom is -0.458 e. The summed E-state index contributed by atoms with van der Waals surface area (Å²) in [5, 5.41) is 1.71. The number of ether oxygens (including phenoxy) is 1. The number of hydrogen-bond donors (Lipinski definition) is 1. The Kier molecular flexibility index (Phi) is 5.74. The maximum absolute atomic E-state index is 12.5. The van der Waals surface area contributed by atoms with Crippen molar-refractivity contribution in [3.8, 4) is 0 Å². The summed E-state index contributed by atoms with van der Waals surface area (Å²) in [5.41, 5.74) is 2.32. The third-order valence-corrected chi connectivity index (χ3v) is 4.64. The molecular formula is C21H20ClNO3. The monoisotopic (exact) mass is 369 g/mol. The first kappa shape index (κ1) is 18.2. The van der Waals surface area contributed by atoms with Crippen LogP contribution in [-0.4, -0.2) is 22.8 Å². The number of aromatic amines is 1. The first-order valence-electron chi connectivity index (χ1n) is 8.54. The van der Waals surface area contributed by atoms with Crippen LogP contribution in [0.3, 0.4) is 0 Å². The van der Waals surface area contributed by atoms with E-state index in [0.717, 1.165) is 16.5 Å². The minimum atomic E-state index is -0.476. The van der Waals surface area contributed by atoms with Crippen molar-refractivity contribution in [2.45, 2.75) is 32.3 Å². The van der Waals surface area contributed by atoms with E-state index in [1.165, 1.54) is 6.92 Å². The van der Waals surface area contributed by atoms with E-state index in [2.05, 4.69) is 4.98 Å². The molecule has 0 aliphatic heterocycles. The normalized spacial score (nSPS) is 12.1. The van der Waals surface area contributed by atoms with Crippen molar-refractivity contribution in [2.24, 2.45) is 0 Å². The molecule has 5 heteroatoms. The smallest absolute Gasteiger partial charge is 0.338 e. The highest BCUT2D eigenvalue weighted by Gasteiger charge is 2.19. The van der Waals surface area contributed by atoms with Gasteiger partial charge in [-0.15, -0.1) is 0 Å². The van der Waals surface area contributed by atoms with Gasteiger partial charge in [-0.2, -0.15) is 0 Å². The number of hydrogen-bond acceptors (Lipinski definition) is 3.